The van der Waals surface area contributed by atoms with E-state index in [-0.39, 0.29) is 12.1 Å². The second kappa shape index (κ2) is 11.0. The molecule has 3 aromatic carbocycles. The lowest BCUT2D eigenvalue weighted by Gasteiger charge is -2.22. The molecule has 0 aliphatic rings. The lowest BCUT2D eigenvalue weighted by molar-refractivity contribution is -0.116. The zero-order valence-electron chi connectivity index (χ0n) is 19.1. The maximum Gasteiger partial charge on any atom is 0.254 e. The minimum Gasteiger partial charge on any atom is -0.329 e. The third kappa shape index (κ3) is 5.75. The Morgan fingerprint density at radius 3 is 2.46 bits per heavy atom. The summed E-state index contributed by atoms with van der Waals surface area (Å²) in [6.07, 6.45) is 0.643. The number of benzene rings is 3. The van der Waals surface area contributed by atoms with E-state index in [1.54, 1.807) is 22.9 Å². The molecule has 4 rings (SSSR count). The minimum atomic E-state index is -0.506. The number of hydrogen-bond donors (Lipinski definition) is 1. The number of carbonyl (C=O) groups is 2. The van der Waals surface area contributed by atoms with Crippen molar-refractivity contribution >= 4 is 29.2 Å². The fourth-order valence-corrected chi connectivity index (χ4v) is 3.93. The molecule has 0 spiro atoms. The molecule has 0 aliphatic heterocycles. The highest BCUT2D eigenvalue weighted by atomic mass is 35.5. The SMILES string of the molecule is CCCN(CC(=O)Nc1cc(-c2ccccc2)nn1-c1ccccc1Cl)C(=O)c1cccc(F)c1. The van der Waals surface area contributed by atoms with Crippen molar-refractivity contribution in [1.82, 2.24) is 14.7 Å². The minimum absolute atomic E-state index is 0.193. The molecular formula is C27H24ClFN4O2. The van der Waals surface area contributed by atoms with Gasteiger partial charge in [0.1, 0.15) is 18.2 Å². The average molecular weight is 491 g/mol. The fraction of sp³-hybridized carbons (Fsp3) is 0.148. The van der Waals surface area contributed by atoms with Crippen LogP contribution < -0.4 is 5.32 Å². The maximum absolute atomic E-state index is 13.6. The predicted molar refractivity (Wildman–Crippen MR) is 135 cm³/mol. The van der Waals surface area contributed by atoms with Crippen molar-refractivity contribution in [3.8, 4) is 16.9 Å². The van der Waals surface area contributed by atoms with E-state index in [0.29, 0.717) is 35.2 Å². The Balaban J connectivity index is 1.61. The van der Waals surface area contributed by atoms with Crippen LogP contribution in [-0.2, 0) is 4.79 Å². The zero-order valence-corrected chi connectivity index (χ0v) is 19.9. The molecule has 178 valence electrons. The molecule has 0 saturated carbocycles. The van der Waals surface area contributed by atoms with Crippen LogP contribution in [0.4, 0.5) is 10.2 Å². The normalized spacial score (nSPS) is 10.7. The van der Waals surface area contributed by atoms with Gasteiger partial charge in [-0.05, 0) is 36.8 Å². The first kappa shape index (κ1) is 24.2. The number of para-hydroxylation sites is 1. The number of nitrogens with one attached hydrogen (secondary N) is 1. The van der Waals surface area contributed by atoms with Crippen LogP contribution in [-0.4, -0.2) is 39.6 Å². The Hall–Kier alpha value is -3.97. The molecule has 4 aromatic rings. The molecule has 0 radical (unpaired) electrons. The molecule has 2 amide bonds. The van der Waals surface area contributed by atoms with Crippen LogP contribution in [0.1, 0.15) is 23.7 Å². The van der Waals surface area contributed by atoms with E-state index in [9.17, 15) is 14.0 Å². The van der Waals surface area contributed by atoms with E-state index in [1.807, 2.05) is 49.4 Å². The Bertz CT molecular complexity index is 1340. The predicted octanol–water partition coefficient (Wildman–Crippen LogP) is 5.82. The highest BCUT2D eigenvalue weighted by Gasteiger charge is 2.21. The lowest BCUT2D eigenvalue weighted by atomic mass is 10.1. The Morgan fingerprint density at radius 2 is 1.74 bits per heavy atom. The van der Waals surface area contributed by atoms with Gasteiger partial charge in [-0.2, -0.15) is 5.10 Å². The molecule has 1 heterocycles. The van der Waals surface area contributed by atoms with E-state index >= 15 is 0 Å². The lowest BCUT2D eigenvalue weighted by Crippen LogP contribution is -2.38. The van der Waals surface area contributed by atoms with E-state index < -0.39 is 17.6 Å². The second-order valence-electron chi connectivity index (χ2n) is 7.93. The van der Waals surface area contributed by atoms with Crippen LogP contribution in [0.3, 0.4) is 0 Å². The van der Waals surface area contributed by atoms with Crippen LogP contribution in [0, 0.1) is 5.82 Å². The Kier molecular flexibility index (Phi) is 7.57. The number of anilines is 1. The van der Waals surface area contributed by atoms with Gasteiger partial charge in [-0.15, -0.1) is 0 Å². The van der Waals surface area contributed by atoms with Crippen molar-refractivity contribution in [2.24, 2.45) is 0 Å². The third-order valence-corrected chi connectivity index (χ3v) is 5.63. The largest absolute Gasteiger partial charge is 0.329 e. The van der Waals surface area contributed by atoms with Crippen molar-refractivity contribution in [2.45, 2.75) is 13.3 Å². The zero-order chi connectivity index (χ0) is 24.8. The summed E-state index contributed by atoms with van der Waals surface area (Å²) >= 11 is 6.41. The molecule has 0 bridgehead atoms. The fourth-order valence-electron chi connectivity index (χ4n) is 3.71. The first-order valence-corrected chi connectivity index (χ1v) is 11.6. The van der Waals surface area contributed by atoms with Gasteiger partial charge >= 0.3 is 0 Å². The summed E-state index contributed by atoms with van der Waals surface area (Å²) in [5.74, 6) is -0.910. The molecule has 0 unspecified atom stereocenters. The standard InChI is InChI=1S/C27H24ClFN4O2/c1-2-15-32(27(35)20-11-8-12-21(29)16-20)18-26(34)30-25-17-23(19-9-4-3-5-10-19)31-33(25)24-14-7-6-13-22(24)28/h3-14,16-17H,2,15,18H2,1H3,(H,30,34). The number of halogens is 2. The van der Waals surface area contributed by atoms with Crippen molar-refractivity contribution in [2.75, 3.05) is 18.4 Å². The monoisotopic (exact) mass is 490 g/mol. The van der Waals surface area contributed by atoms with Crippen LogP contribution in [0.2, 0.25) is 5.02 Å². The summed E-state index contributed by atoms with van der Waals surface area (Å²) < 4.78 is 15.2. The maximum atomic E-state index is 13.6. The van der Waals surface area contributed by atoms with Crippen LogP contribution in [0.15, 0.2) is 84.9 Å². The number of aromatic nitrogens is 2. The highest BCUT2D eigenvalue weighted by Crippen LogP contribution is 2.28. The molecule has 0 atom stereocenters. The molecule has 6 nitrogen and oxygen atoms in total. The third-order valence-electron chi connectivity index (χ3n) is 5.31. The van der Waals surface area contributed by atoms with Crippen LogP contribution >= 0.6 is 11.6 Å². The molecule has 0 saturated heterocycles. The molecular weight excluding hydrogens is 467 g/mol. The van der Waals surface area contributed by atoms with Crippen molar-refractivity contribution in [3.63, 3.8) is 0 Å². The molecule has 8 heteroatoms. The first-order valence-electron chi connectivity index (χ1n) is 11.2. The summed E-state index contributed by atoms with van der Waals surface area (Å²) in [6.45, 7) is 2.06. The quantitative estimate of drug-likeness (QED) is 0.338. The molecule has 35 heavy (non-hydrogen) atoms. The van der Waals surface area contributed by atoms with E-state index in [2.05, 4.69) is 10.4 Å². The smallest absolute Gasteiger partial charge is 0.254 e. The second-order valence-corrected chi connectivity index (χ2v) is 8.34. The summed E-state index contributed by atoms with van der Waals surface area (Å²) in [4.78, 5) is 27.4. The van der Waals surface area contributed by atoms with Gasteiger partial charge in [-0.25, -0.2) is 9.07 Å². The molecule has 0 aliphatic carbocycles. The topological polar surface area (TPSA) is 67.2 Å². The van der Waals surface area contributed by atoms with Gasteiger partial charge in [-0.3, -0.25) is 9.59 Å². The number of rotatable bonds is 8. The number of nitrogens with zero attached hydrogens (tertiary/aromatic N) is 3. The van der Waals surface area contributed by atoms with Gasteiger partial charge in [0.25, 0.3) is 5.91 Å². The summed E-state index contributed by atoms with van der Waals surface area (Å²) in [5, 5.41) is 8.01. The average Bonchev–Trinajstić information content (AvgIpc) is 3.27. The van der Waals surface area contributed by atoms with E-state index in [1.165, 1.54) is 29.2 Å². The van der Waals surface area contributed by atoms with E-state index in [0.717, 1.165) is 5.56 Å². The van der Waals surface area contributed by atoms with Gasteiger partial charge in [-0.1, -0.05) is 67.1 Å². The van der Waals surface area contributed by atoms with Crippen LogP contribution in [0.25, 0.3) is 16.9 Å². The van der Waals surface area contributed by atoms with Gasteiger partial charge < -0.3 is 10.2 Å². The van der Waals surface area contributed by atoms with Crippen molar-refractivity contribution in [1.29, 1.82) is 0 Å². The number of hydrogen-bond acceptors (Lipinski definition) is 3. The first-order chi connectivity index (χ1) is 17.0. The van der Waals surface area contributed by atoms with Gasteiger partial charge in [0.15, 0.2) is 0 Å². The number of carbonyl (C=O) groups excluding carboxylic acids is 2. The van der Waals surface area contributed by atoms with Crippen molar-refractivity contribution < 1.29 is 14.0 Å². The van der Waals surface area contributed by atoms with Gasteiger partial charge in [0.05, 0.1) is 16.4 Å². The van der Waals surface area contributed by atoms with Crippen molar-refractivity contribution in [3.05, 3.63) is 101 Å². The van der Waals surface area contributed by atoms with Gasteiger partial charge in [0.2, 0.25) is 5.91 Å². The van der Waals surface area contributed by atoms with Crippen LogP contribution in [0.5, 0.6) is 0 Å². The molecule has 1 N–H and O–H groups in total. The van der Waals surface area contributed by atoms with E-state index in [4.69, 9.17) is 11.6 Å². The number of amides is 2. The summed E-state index contributed by atoms with van der Waals surface area (Å²) in [5.41, 5.74) is 2.33. The Morgan fingerprint density at radius 1 is 1.00 bits per heavy atom. The summed E-state index contributed by atoms with van der Waals surface area (Å²) in [6, 6.07) is 24.0. The highest BCUT2D eigenvalue weighted by molar-refractivity contribution is 6.32. The molecule has 1 aromatic heterocycles. The summed E-state index contributed by atoms with van der Waals surface area (Å²) in [7, 11) is 0. The van der Waals surface area contributed by atoms with Gasteiger partial charge in [0, 0.05) is 23.7 Å². The Labute approximate surface area is 208 Å². The molecule has 0 fully saturated rings.